The molecule has 0 N–H and O–H groups in total. The second-order valence-corrected chi connectivity index (χ2v) is 18.3. The van der Waals surface area contributed by atoms with E-state index in [0.717, 1.165) is 53.9 Å². The van der Waals surface area contributed by atoms with Gasteiger partial charge in [0.1, 0.15) is 17.1 Å². The van der Waals surface area contributed by atoms with Gasteiger partial charge in [-0.2, -0.15) is 0 Å². The van der Waals surface area contributed by atoms with Gasteiger partial charge in [0.25, 0.3) is 8.32 Å². The summed E-state index contributed by atoms with van der Waals surface area (Å²) in [5, 5.41) is 2.60. The molecular weight excluding hydrogens is 633 g/mol. The zero-order valence-corrected chi connectivity index (χ0v) is 32.1. The van der Waals surface area contributed by atoms with Crippen LogP contribution in [0.3, 0.4) is 0 Å². The summed E-state index contributed by atoms with van der Waals surface area (Å²) >= 11 is 0. The fourth-order valence-corrected chi connectivity index (χ4v) is 12.1. The number of ether oxygens (including phenoxy) is 2. The molecule has 5 aromatic rings. The first kappa shape index (κ1) is 37.0. The average Bonchev–Trinajstić information content (AvgIpc) is 3.15. The van der Waals surface area contributed by atoms with Crippen molar-refractivity contribution in [3.8, 4) is 22.6 Å². The number of rotatable bonds is 16. The van der Waals surface area contributed by atoms with Gasteiger partial charge in [-0.1, -0.05) is 95.3 Å². The monoisotopic (exact) mass is 687 g/mol. The molecule has 6 heteroatoms. The molecule has 5 nitrogen and oxygen atoms in total. The molecular formula is C44H55N2O3Si+. The Kier molecular flexibility index (Phi) is 12.7. The molecule has 50 heavy (non-hydrogen) atoms. The number of nitrogens with zero attached hydrogens (tertiary/aromatic N) is 2. The third-order valence-electron chi connectivity index (χ3n) is 9.92. The van der Waals surface area contributed by atoms with Crippen LogP contribution in [0, 0.1) is 0 Å². The van der Waals surface area contributed by atoms with Crippen molar-refractivity contribution in [1.82, 2.24) is 4.98 Å². The van der Waals surface area contributed by atoms with Gasteiger partial charge in [0.05, 0.1) is 13.7 Å². The van der Waals surface area contributed by atoms with Crippen molar-refractivity contribution in [1.29, 1.82) is 0 Å². The number of aryl methyl sites for hydroxylation is 1. The molecule has 2 heterocycles. The molecule has 0 fully saturated rings. The number of hydrogen-bond donors (Lipinski definition) is 0. The average molecular weight is 688 g/mol. The van der Waals surface area contributed by atoms with E-state index in [4.69, 9.17) is 13.9 Å². The van der Waals surface area contributed by atoms with Gasteiger partial charge in [0.15, 0.2) is 18.9 Å². The molecule has 0 saturated carbocycles. The number of hydrogen-bond acceptors (Lipinski definition) is 4. The Hall–Kier alpha value is -4.26. The zero-order valence-electron chi connectivity index (χ0n) is 31.1. The maximum Gasteiger partial charge on any atom is 0.261 e. The molecule has 0 saturated heterocycles. The van der Waals surface area contributed by atoms with E-state index in [1.54, 1.807) is 7.11 Å². The SMILES string of the molecule is CCOc1c(C(CC)CCCO[Si](c2ccccc2)(c2ccccc2)C(C)(C)C)cc(CC)c(OC)c1C[n+]1ccc(-c2ccncc2)cc1. The van der Waals surface area contributed by atoms with Gasteiger partial charge in [-0.3, -0.25) is 4.98 Å². The molecule has 2 aromatic heterocycles. The summed E-state index contributed by atoms with van der Waals surface area (Å²) in [6, 6.07) is 32.6. The fraction of sp³-hybridized carbons (Fsp3) is 0.364. The van der Waals surface area contributed by atoms with E-state index >= 15 is 0 Å². The van der Waals surface area contributed by atoms with Gasteiger partial charge in [0.2, 0.25) is 0 Å². The molecule has 0 bridgehead atoms. The smallest absolute Gasteiger partial charge is 0.261 e. The summed E-state index contributed by atoms with van der Waals surface area (Å²) in [7, 11) is -0.805. The van der Waals surface area contributed by atoms with E-state index in [1.807, 2.05) is 24.5 Å². The molecule has 0 amide bonds. The molecule has 0 aliphatic carbocycles. The summed E-state index contributed by atoms with van der Waals surface area (Å²) in [5.41, 5.74) is 5.92. The number of pyridine rings is 2. The second-order valence-electron chi connectivity index (χ2n) is 14.0. The van der Waals surface area contributed by atoms with Gasteiger partial charge in [-0.15, -0.1) is 0 Å². The summed E-state index contributed by atoms with van der Waals surface area (Å²) < 4.78 is 22.2. The van der Waals surface area contributed by atoms with Crippen molar-refractivity contribution in [2.75, 3.05) is 20.3 Å². The molecule has 262 valence electrons. The van der Waals surface area contributed by atoms with Crippen molar-refractivity contribution in [2.24, 2.45) is 0 Å². The van der Waals surface area contributed by atoms with Gasteiger partial charge in [-0.25, -0.2) is 4.57 Å². The fourth-order valence-electron chi connectivity index (χ4n) is 7.45. The lowest BCUT2D eigenvalue weighted by molar-refractivity contribution is -0.688. The lowest BCUT2D eigenvalue weighted by atomic mass is 9.87. The highest BCUT2D eigenvalue weighted by atomic mass is 28.4. The molecule has 0 aliphatic heterocycles. The Bertz CT molecular complexity index is 1730. The van der Waals surface area contributed by atoms with Crippen molar-refractivity contribution >= 4 is 18.7 Å². The van der Waals surface area contributed by atoms with Crippen LogP contribution < -0.4 is 24.4 Å². The molecule has 0 aliphatic rings. The maximum absolute atomic E-state index is 7.28. The van der Waals surface area contributed by atoms with E-state index in [-0.39, 0.29) is 5.04 Å². The van der Waals surface area contributed by atoms with Crippen molar-refractivity contribution in [3.63, 3.8) is 0 Å². The van der Waals surface area contributed by atoms with Gasteiger partial charge in [-0.05, 0) is 94.4 Å². The van der Waals surface area contributed by atoms with Crippen LogP contribution in [-0.4, -0.2) is 33.6 Å². The minimum absolute atomic E-state index is 0.0446. The Morgan fingerprint density at radius 2 is 1.38 bits per heavy atom. The minimum Gasteiger partial charge on any atom is -0.496 e. The second kappa shape index (κ2) is 17.1. The highest BCUT2D eigenvalue weighted by Gasteiger charge is 2.50. The number of aromatic nitrogens is 2. The summed E-state index contributed by atoms with van der Waals surface area (Å²) in [6.45, 7) is 15.6. The van der Waals surface area contributed by atoms with Crippen LogP contribution in [0.15, 0.2) is 116 Å². The Morgan fingerprint density at radius 1 is 0.780 bits per heavy atom. The van der Waals surface area contributed by atoms with E-state index in [9.17, 15) is 0 Å². The Labute approximate surface area is 301 Å². The minimum atomic E-state index is -2.59. The van der Waals surface area contributed by atoms with Crippen molar-refractivity contribution < 1.29 is 18.5 Å². The van der Waals surface area contributed by atoms with Gasteiger partial charge < -0.3 is 13.9 Å². The molecule has 0 radical (unpaired) electrons. The number of benzene rings is 3. The molecule has 5 rings (SSSR count). The third kappa shape index (κ3) is 8.03. The topological polar surface area (TPSA) is 44.5 Å². The number of methoxy groups -OCH3 is 1. The zero-order chi connectivity index (χ0) is 35.6. The predicted octanol–water partition coefficient (Wildman–Crippen LogP) is 8.90. The van der Waals surface area contributed by atoms with Crippen LogP contribution >= 0.6 is 0 Å². The van der Waals surface area contributed by atoms with E-state index in [0.29, 0.717) is 25.7 Å². The normalized spacial score (nSPS) is 12.5. The first-order chi connectivity index (χ1) is 24.3. The first-order valence-electron chi connectivity index (χ1n) is 18.3. The largest absolute Gasteiger partial charge is 0.496 e. The van der Waals surface area contributed by atoms with Crippen LogP contribution in [0.25, 0.3) is 11.1 Å². The lowest BCUT2D eigenvalue weighted by Gasteiger charge is -2.43. The van der Waals surface area contributed by atoms with E-state index in [2.05, 4.69) is 142 Å². The van der Waals surface area contributed by atoms with Gasteiger partial charge >= 0.3 is 0 Å². The molecule has 1 atom stereocenters. The lowest BCUT2D eigenvalue weighted by Crippen LogP contribution is -2.66. The molecule has 0 spiro atoms. The van der Waals surface area contributed by atoms with E-state index in [1.165, 1.54) is 21.5 Å². The van der Waals surface area contributed by atoms with Crippen LogP contribution in [0.4, 0.5) is 0 Å². The maximum atomic E-state index is 7.28. The Balaban J connectivity index is 1.44. The first-order valence-corrected chi connectivity index (χ1v) is 20.2. The van der Waals surface area contributed by atoms with Crippen LogP contribution in [0.1, 0.15) is 83.4 Å². The summed E-state index contributed by atoms with van der Waals surface area (Å²) in [4.78, 5) is 4.17. The quantitative estimate of drug-likeness (QED) is 0.0591. The van der Waals surface area contributed by atoms with Crippen LogP contribution in [-0.2, 0) is 17.4 Å². The third-order valence-corrected chi connectivity index (χ3v) is 15.0. The summed E-state index contributed by atoms with van der Waals surface area (Å²) in [6.07, 6.45) is 11.8. The Morgan fingerprint density at radius 3 is 1.90 bits per heavy atom. The van der Waals surface area contributed by atoms with Crippen molar-refractivity contribution in [2.45, 2.75) is 84.7 Å². The predicted molar refractivity (Wildman–Crippen MR) is 208 cm³/mol. The molecule has 1 unspecified atom stereocenters. The molecule has 3 aromatic carbocycles. The summed E-state index contributed by atoms with van der Waals surface area (Å²) in [5.74, 6) is 2.22. The van der Waals surface area contributed by atoms with Crippen molar-refractivity contribution in [3.05, 3.63) is 132 Å². The standard InChI is InChI=1S/C44H55N2O3Si/c1-8-34(18-17-31-49-50(44(4,5)6,38-19-13-11-14-20-38)39-21-15-12-16-22-39)40-32-35(9-2)42(47-7)41(43(40)48-10-3)33-46-29-25-37(26-30-46)36-23-27-45-28-24-36/h11-16,19-30,32,34H,8-10,17-18,31,33H2,1-7H3/q+1. The highest BCUT2D eigenvalue weighted by molar-refractivity contribution is 6.99. The highest BCUT2D eigenvalue weighted by Crippen LogP contribution is 2.42. The van der Waals surface area contributed by atoms with Crippen LogP contribution in [0.5, 0.6) is 11.5 Å². The van der Waals surface area contributed by atoms with Crippen LogP contribution in [0.2, 0.25) is 5.04 Å². The van der Waals surface area contributed by atoms with Gasteiger partial charge in [0, 0.05) is 31.1 Å². The van der Waals surface area contributed by atoms with E-state index < -0.39 is 8.32 Å².